The maximum Gasteiger partial charge on any atom is 0.408 e. The highest BCUT2D eigenvalue weighted by atomic mass is 16.6. The number of alkyl carbamates (subject to hydrolysis) is 1. The quantitative estimate of drug-likeness (QED) is 0.107. The molecule has 0 saturated heterocycles. The molecular weight excluding hydrogens is 594 g/mol. The monoisotopic (exact) mass is 625 g/mol. The Morgan fingerprint density at radius 3 is 1.74 bits per heavy atom. The van der Waals surface area contributed by atoms with Crippen LogP contribution in [0.3, 0.4) is 0 Å². The van der Waals surface area contributed by atoms with Crippen LogP contribution in [0.5, 0.6) is 5.88 Å². The lowest BCUT2D eigenvalue weighted by Crippen LogP contribution is -2.67. The Morgan fingerprint density at radius 1 is 0.761 bits per heavy atom. The first-order valence-electron chi connectivity index (χ1n) is 14.3. The van der Waals surface area contributed by atoms with Gasteiger partial charge in [-0.1, -0.05) is 97.1 Å². The van der Waals surface area contributed by atoms with Gasteiger partial charge in [0.25, 0.3) is 5.54 Å². The van der Waals surface area contributed by atoms with Gasteiger partial charge in [-0.05, 0) is 22.8 Å². The van der Waals surface area contributed by atoms with E-state index >= 15 is 0 Å². The average molecular weight is 626 g/mol. The first kappa shape index (κ1) is 31.7. The van der Waals surface area contributed by atoms with Gasteiger partial charge < -0.3 is 23.7 Å². The summed E-state index contributed by atoms with van der Waals surface area (Å²) in [6.45, 7) is -0.608. The van der Waals surface area contributed by atoms with E-state index in [1.165, 1.54) is 31.5 Å². The molecule has 12 heteroatoms. The van der Waals surface area contributed by atoms with Crippen molar-refractivity contribution in [1.82, 2.24) is 14.9 Å². The number of methoxy groups -OCH3 is 1. The number of nitrogens with zero attached hydrogens (tertiary/aromatic N) is 2. The molecule has 1 aliphatic rings. The largest absolute Gasteiger partial charge is 0.481 e. The van der Waals surface area contributed by atoms with Gasteiger partial charge in [-0.25, -0.2) is 19.2 Å². The van der Waals surface area contributed by atoms with Crippen LogP contribution in [0, 0.1) is 0 Å². The van der Waals surface area contributed by atoms with Gasteiger partial charge in [0, 0.05) is 12.3 Å². The van der Waals surface area contributed by atoms with Crippen LogP contribution in [0.25, 0.3) is 0 Å². The smallest absolute Gasteiger partial charge is 0.408 e. The Kier molecular flexibility index (Phi) is 10.2. The highest BCUT2D eigenvalue weighted by Crippen LogP contribution is 2.31. The number of rotatable bonds is 12. The van der Waals surface area contributed by atoms with Crippen LogP contribution in [0.2, 0.25) is 0 Å². The lowest BCUT2D eigenvalue weighted by molar-refractivity contribution is -0.177. The van der Waals surface area contributed by atoms with Crippen molar-refractivity contribution >= 4 is 18.0 Å². The topological polar surface area (TPSA) is 144 Å². The molecule has 3 aromatic carbocycles. The van der Waals surface area contributed by atoms with Crippen LogP contribution in [0.4, 0.5) is 4.79 Å². The standard InChI is InChI=1S/C34H31N3O9/c1-42-28-19-20-37(32(40)35-28)29-18-17-27(46-29)34(30(38)43-21-24-11-5-2-6-12-24,31(39)44-22-25-13-7-3-8-14-25)36-33(41)45-23-26-15-9-4-10-16-26/h2-20,27,29H,21-23H2,1H3,(H,36,41)/t27-,29+/m0/s1. The highest BCUT2D eigenvalue weighted by molar-refractivity contribution is 6.08. The highest BCUT2D eigenvalue weighted by Gasteiger charge is 2.59. The number of esters is 2. The number of hydrogen-bond donors (Lipinski definition) is 1. The van der Waals surface area contributed by atoms with E-state index in [-0.39, 0.29) is 25.7 Å². The van der Waals surface area contributed by atoms with Crippen molar-refractivity contribution in [2.75, 3.05) is 7.11 Å². The summed E-state index contributed by atoms with van der Waals surface area (Å²) in [5.74, 6) is -2.24. The fraction of sp³-hybridized carbons (Fsp3) is 0.206. The van der Waals surface area contributed by atoms with E-state index in [0.29, 0.717) is 16.7 Å². The van der Waals surface area contributed by atoms with Gasteiger partial charge in [-0.3, -0.25) is 9.88 Å². The summed E-state index contributed by atoms with van der Waals surface area (Å²) < 4.78 is 28.8. The van der Waals surface area contributed by atoms with E-state index in [1.807, 2.05) is 6.07 Å². The molecule has 5 rings (SSSR count). The summed E-state index contributed by atoms with van der Waals surface area (Å²) in [4.78, 5) is 58.0. The van der Waals surface area contributed by atoms with E-state index in [9.17, 15) is 19.2 Å². The third-order valence-corrected chi connectivity index (χ3v) is 7.03. The molecule has 0 aliphatic carbocycles. The average Bonchev–Trinajstić information content (AvgIpc) is 3.59. The zero-order valence-corrected chi connectivity index (χ0v) is 24.8. The molecule has 2 atom stereocenters. The Morgan fingerprint density at radius 2 is 1.26 bits per heavy atom. The van der Waals surface area contributed by atoms with Crippen molar-refractivity contribution in [3.8, 4) is 5.88 Å². The zero-order chi connectivity index (χ0) is 32.4. The number of hydrogen-bond acceptors (Lipinski definition) is 10. The van der Waals surface area contributed by atoms with Crippen molar-refractivity contribution < 1.29 is 38.1 Å². The summed E-state index contributed by atoms with van der Waals surface area (Å²) in [5, 5.41) is 2.41. The first-order chi connectivity index (χ1) is 22.4. The van der Waals surface area contributed by atoms with Gasteiger partial charge in [0.15, 0.2) is 6.23 Å². The van der Waals surface area contributed by atoms with Crippen molar-refractivity contribution in [3.05, 3.63) is 143 Å². The number of carbonyl (C=O) groups is 3. The number of amides is 1. The van der Waals surface area contributed by atoms with Gasteiger partial charge in [-0.15, -0.1) is 0 Å². The number of carbonyl (C=O) groups excluding carboxylic acids is 3. The molecule has 46 heavy (non-hydrogen) atoms. The third kappa shape index (κ3) is 7.48. The second kappa shape index (κ2) is 14.8. The Balaban J connectivity index is 1.48. The van der Waals surface area contributed by atoms with E-state index in [0.717, 1.165) is 4.57 Å². The Bertz CT molecular complexity index is 1670. The lowest BCUT2D eigenvalue weighted by Gasteiger charge is -2.34. The van der Waals surface area contributed by atoms with Crippen LogP contribution in [0.1, 0.15) is 22.9 Å². The summed E-state index contributed by atoms with van der Waals surface area (Å²) in [6.07, 6.45) is 0.480. The van der Waals surface area contributed by atoms with E-state index in [4.69, 9.17) is 23.7 Å². The lowest BCUT2D eigenvalue weighted by atomic mass is 9.92. The number of nitrogens with one attached hydrogen (secondary N) is 1. The molecule has 236 valence electrons. The molecule has 0 spiro atoms. The molecule has 1 aliphatic heterocycles. The zero-order valence-electron chi connectivity index (χ0n) is 24.8. The second-order valence-corrected chi connectivity index (χ2v) is 10.1. The van der Waals surface area contributed by atoms with Crippen molar-refractivity contribution in [1.29, 1.82) is 0 Å². The summed E-state index contributed by atoms with van der Waals surface area (Å²) >= 11 is 0. The Hall–Kier alpha value is -5.75. The SMILES string of the molecule is COc1ccn([C@H]2C=C[C@@H](C(NC(=O)OCc3ccccc3)(C(=O)OCc3ccccc3)C(=O)OCc3ccccc3)O2)c(=O)n1. The molecule has 0 fully saturated rings. The van der Waals surface area contributed by atoms with Crippen molar-refractivity contribution in [3.63, 3.8) is 0 Å². The molecule has 0 saturated carbocycles. The molecular formula is C34H31N3O9. The second-order valence-electron chi connectivity index (χ2n) is 10.1. The number of aromatic nitrogens is 2. The first-order valence-corrected chi connectivity index (χ1v) is 14.3. The Labute approximate surface area is 264 Å². The molecule has 1 amide bonds. The molecule has 2 heterocycles. The van der Waals surface area contributed by atoms with Crippen molar-refractivity contribution in [2.24, 2.45) is 0 Å². The summed E-state index contributed by atoms with van der Waals surface area (Å²) in [7, 11) is 1.37. The van der Waals surface area contributed by atoms with E-state index < -0.39 is 41.6 Å². The third-order valence-electron chi connectivity index (χ3n) is 7.03. The summed E-state index contributed by atoms with van der Waals surface area (Å²) in [5.41, 5.74) is -1.37. The summed E-state index contributed by atoms with van der Waals surface area (Å²) in [6, 6.07) is 27.9. The molecule has 0 bridgehead atoms. The minimum Gasteiger partial charge on any atom is -0.481 e. The van der Waals surface area contributed by atoms with Crippen LogP contribution < -0.4 is 15.7 Å². The van der Waals surface area contributed by atoms with Crippen LogP contribution in [-0.4, -0.2) is 46.3 Å². The normalized spacial score (nSPS) is 15.5. The fourth-order valence-corrected chi connectivity index (χ4v) is 4.63. The number of ether oxygens (including phenoxy) is 5. The van der Waals surface area contributed by atoms with Crippen LogP contribution in [-0.2, 0) is 48.4 Å². The van der Waals surface area contributed by atoms with Crippen LogP contribution in [0.15, 0.2) is 120 Å². The van der Waals surface area contributed by atoms with Gasteiger partial charge in [-0.2, -0.15) is 4.98 Å². The predicted molar refractivity (Wildman–Crippen MR) is 163 cm³/mol. The predicted octanol–water partition coefficient (Wildman–Crippen LogP) is 3.86. The molecule has 0 radical (unpaired) electrons. The minimum absolute atomic E-state index is 0.0888. The molecule has 12 nitrogen and oxygen atoms in total. The van der Waals surface area contributed by atoms with Gasteiger partial charge >= 0.3 is 23.7 Å². The molecule has 0 unspecified atom stereocenters. The van der Waals surface area contributed by atoms with Gasteiger partial charge in [0.1, 0.15) is 25.9 Å². The molecule has 4 aromatic rings. The molecule has 1 aromatic heterocycles. The van der Waals surface area contributed by atoms with Gasteiger partial charge in [0.2, 0.25) is 5.88 Å². The van der Waals surface area contributed by atoms with Gasteiger partial charge in [0.05, 0.1) is 7.11 Å². The van der Waals surface area contributed by atoms with Crippen molar-refractivity contribution in [2.45, 2.75) is 37.7 Å². The fourth-order valence-electron chi connectivity index (χ4n) is 4.63. The number of benzene rings is 3. The van der Waals surface area contributed by atoms with E-state index in [1.54, 1.807) is 84.9 Å². The molecule has 1 N–H and O–H groups in total. The van der Waals surface area contributed by atoms with E-state index in [2.05, 4.69) is 10.3 Å². The maximum atomic E-state index is 14.1. The van der Waals surface area contributed by atoms with Crippen LogP contribution >= 0.6 is 0 Å². The minimum atomic E-state index is -2.59. The maximum absolute atomic E-state index is 14.1.